The fourth-order valence-corrected chi connectivity index (χ4v) is 1.82. The molecular formula is C15H13FN2. The van der Waals surface area contributed by atoms with E-state index in [2.05, 4.69) is 0 Å². The minimum atomic E-state index is -0.428. The van der Waals surface area contributed by atoms with Crippen LogP contribution in [0.15, 0.2) is 48.5 Å². The third-order valence-corrected chi connectivity index (χ3v) is 2.80. The maximum Gasteiger partial charge on any atom is 0.145 e. The molecule has 0 aliphatic carbocycles. The van der Waals surface area contributed by atoms with E-state index < -0.39 is 5.82 Å². The van der Waals surface area contributed by atoms with Crippen LogP contribution in [0.3, 0.4) is 0 Å². The van der Waals surface area contributed by atoms with Gasteiger partial charge in [-0.2, -0.15) is 5.26 Å². The Bertz CT molecular complexity index is 573. The van der Waals surface area contributed by atoms with E-state index in [0.29, 0.717) is 12.1 Å². The van der Waals surface area contributed by atoms with Gasteiger partial charge in [-0.1, -0.05) is 30.3 Å². The summed E-state index contributed by atoms with van der Waals surface area (Å²) in [5.74, 6) is -0.428. The first-order valence-electron chi connectivity index (χ1n) is 5.66. The van der Waals surface area contributed by atoms with Crippen LogP contribution in [0.2, 0.25) is 0 Å². The fraction of sp³-hybridized carbons (Fsp3) is 0.133. The lowest BCUT2D eigenvalue weighted by molar-refractivity contribution is 0.604. The molecule has 2 aromatic carbocycles. The van der Waals surface area contributed by atoms with Gasteiger partial charge in [0.1, 0.15) is 11.9 Å². The largest absolute Gasteiger partial charge is 0.370 e. The molecule has 0 aliphatic heterocycles. The second kappa shape index (κ2) is 5.33. The number of nitriles is 1. The SMILES string of the molecule is CN(Cc1cccc(C#N)c1F)c1ccccc1. The number of para-hydroxylation sites is 1. The number of halogens is 1. The van der Waals surface area contributed by atoms with Crippen LogP contribution in [0.1, 0.15) is 11.1 Å². The third kappa shape index (κ3) is 2.49. The van der Waals surface area contributed by atoms with Gasteiger partial charge in [0.05, 0.1) is 5.56 Å². The normalized spacial score (nSPS) is 9.83. The summed E-state index contributed by atoms with van der Waals surface area (Å²) in [7, 11) is 1.90. The van der Waals surface area contributed by atoms with E-state index in [0.717, 1.165) is 5.69 Å². The zero-order valence-electron chi connectivity index (χ0n) is 10.1. The highest BCUT2D eigenvalue weighted by atomic mass is 19.1. The Morgan fingerprint density at radius 3 is 2.50 bits per heavy atom. The van der Waals surface area contributed by atoms with Gasteiger partial charge in [-0.25, -0.2) is 4.39 Å². The van der Waals surface area contributed by atoms with E-state index in [1.807, 2.05) is 48.3 Å². The van der Waals surface area contributed by atoms with E-state index >= 15 is 0 Å². The van der Waals surface area contributed by atoms with Gasteiger partial charge in [0.25, 0.3) is 0 Å². The molecule has 0 fully saturated rings. The summed E-state index contributed by atoms with van der Waals surface area (Å²) in [4.78, 5) is 1.94. The zero-order valence-corrected chi connectivity index (χ0v) is 10.1. The van der Waals surface area contributed by atoms with Gasteiger partial charge in [0.2, 0.25) is 0 Å². The predicted octanol–water partition coefficient (Wildman–Crippen LogP) is 3.33. The zero-order chi connectivity index (χ0) is 13.0. The first-order chi connectivity index (χ1) is 8.72. The predicted molar refractivity (Wildman–Crippen MR) is 69.7 cm³/mol. The van der Waals surface area contributed by atoms with Gasteiger partial charge in [0.15, 0.2) is 0 Å². The van der Waals surface area contributed by atoms with E-state index in [-0.39, 0.29) is 5.56 Å². The third-order valence-electron chi connectivity index (χ3n) is 2.80. The van der Waals surface area contributed by atoms with Crippen molar-refractivity contribution in [2.75, 3.05) is 11.9 Å². The average molecular weight is 240 g/mol. The van der Waals surface area contributed by atoms with Gasteiger partial charge >= 0.3 is 0 Å². The van der Waals surface area contributed by atoms with Crippen LogP contribution in [0.5, 0.6) is 0 Å². The summed E-state index contributed by atoms with van der Waals surface area (Å²) >= 11 is 0. The summed E-state index contributed by atoms with van der Waals surface area (Å²) in [6.07, 6.45) is 0. The molecule has 0 radical (unpaired) electrons. The molecular weight excluding hydrogens is 227 g/mol. The summed E-state index contributed by atoms with van der Waals surface area (Å²) in [5.41, 5.74) is 1.63. The highest BCUT2D eigenvalue weighted by molar-refractivity contribution is 5.46. The summed E-state index contributed by atoms with van der Waals surface area (Å²) < 4.78 is 13.9. The number of anilines is 1. The molecule has 2 nitrogen and oxygen atoms in total. The number of hydrogen-bond acceptors (Lipinski definition) is 2. The molecule has 0 unspecified atom stereocenters. The smallest absolute Gasteiger partial charge is 0.145 e. The minimum Gasteiger partial charge on any atom is -0.370 e. The lowest BCUT2D eigenvalue weighted by atomic mass is 10.1. The molecule has 90 valence electrons. The lowest BCUT2D eigenvalue weighted by Gasteiger charge is -2.19. The minimum absolute atomic E-state index is 0.0916. The Morgan fingerprint density at radius 2 is 1.83 bits per heavy atom. The maximum atomic E-state index is 13.9. The second-order valence-corrected chi connectivity index (χ2v) is 4.08. The van der Waals surface area contributed by atoms with Gasteiger partial charge in [0, 0.05) is 24.8 Å². The van der Waals surface area contributed by atoms with Crippen LogP contribution < -0.4 is 4.90 Å². The second-order valence-electron chi connectivity index (χ2n) is 4.08. The van der Waals surface area contributed by atoms with Crippen molar-refractivity contribution in [1.82, 2.24) is 0 Å². The van der Waals surface area contributed by atoms with Gasteiger partial charge < -0.3 is 4.90 Å². The summed E-state index contributed by atoms with van der Waals surface area (Å²) in [5, 5.41) is 8.79. The van der Waals surface area contributed by atoms with Crippen molar-refractivity contribution in [3.05, 3.63) is 65.5 Å². The van der Waals surface area contributed by atoms with Gasteiger partial charge in [-0.15, -0.1) is 0 Å². The van der Waals surface area contributed by atoms with Crippen molar-refractivity contribution in [3.8, 4) is 6.07 Å². The maximum absolute atomic E-state index is 13.9. The molecule has 18 heavy (non-hydrogen) atoms. The number of hydrogen-bond donors (Lipinski definition) is 0. The summed E-state index contributed by atoms with van der Waals surface area (Å²) in [6.45, 7) is 0.436. The highest BCUT2D eigenvalue weighted by Gasteiger charge is 2.09. The molecule has 0 bridgehead atoms. The van der Waals surface area contributed by atoms with Crippen molar-refractivity contribution in [2.24, 2.45) is 0 Å². The van der Waals surface area contributed by atoms with Crippen molar-refractivity contribution in [3.63, 3.8) is 0 Å². The van der Waals surface area contributed by atoms with Crippen LogP contribution >= 0.6 is 0 Å². The molecule has 0 aliphatic rings. The molecule has 2 aromatic rings. The quantitative estimate of drug-likeness (QED) is 0.822. The molecule has 0 aromatic heterocycles. The molecule has 0 heterocycles. The first kappa shape index (κ1) is 12.1. The van der Waals surface area contributed by atoms with E-state index in [1.54, 1.807) is 12.1 Å². The van der Waals surface area contributed by atoms with Crippen LogP contribution in [0.4, 0.5) is 10.1 Å². The molecule has 0 atom stereocenters. The van der Waals surface area contributed by atoms with E-state index in [1.165, 1.54) is 6.07 Å². The Labute approximate surface area is 106 Å². The lowest BCUT2D eigenvalue weighted by Crippen LogP contribution is -2.17. The topological polar surface area (TPSA) is 27.0 Å². The average Bonchev–Trinajstić information content (AvgIpc) is 2.42. The first-order valence-corrected chi connectivity index (χ1v) is 5.66. The Kier molecular flexibility index (Phi) is 3.59. The van der Waals surface area contributed by atoms with Crippen LogP contribution in [-0.4, -0.2) is 7.05 Å². The van der Waals surface area contributed by atoms with E-state index in [4.69, 9.17) is 5.26 Å². The summed E-state index contributed by atoms with van der Waals surface area (Å²) in [6, 6.07) is 16.5. The van der Waals surface area contributed by atoms with Gasteiger partial charge in [-0.3, -0.25) is 0 Å². The molecule has 0 saturated heterocycles. The van der Waals surface area contributed by atoms with Crippen LogP contribution in [0.25, 0.3) is 0 Å². The number of benzene rings is 2. The van der Waals surface area contributed by atoms with Crippen LogP contribution in [0, 0.1) is 17.1 Å². The fourth-order valence-electron chi connectivity index (χ4n) is 1.82. The molecule has 0 amide bonds. The molecule has 0 spiro atoms. The van der Waals surface area contributed by atoms with Crippen LogP contribution in [-0.2, 0) is 6.54 Å². The number of nitrogens with zero attached hydrogens (tertiary/aromatic N) is 2. The molecule has 0 N–H and O–H groups in total. The van der Waals surface area contributed by atoms with Crippen molar-refractivity contribution in [1.29, 1.82) is 5.26 Å². The standard InChI is InChI=1S/C15H13FN2/c1-18(14-8-3-2-4-9-14)11-13-7-5-6-12(10-17)15(13)16/h2-9H,11H2,1H3. The van der Waals surface area contributed by atoms with E-state index in [9.17, 15) is 4.39 Å². The highest BCUT2D eigenvalue weighted by Crippen LogP contribution is 2.18. The Morgan fingerprint density at radius 1 is 1.11 bits per heavy atom. The molecule has 0 saturated carbocycles. The van der Waals surface area contributed by atoms with Crippen molar-refractivity contribution in [2.45, 2.75) is 6.54 Å². The Hall–Kier alpha value is -2.34. The van der Waals surface area contributed by atoms with Crippen molar-refractivity contribution < 1.29 is 4.39 Å². The van der Waals surface area contributed by atoms with Gasteiger partial charge in [-0.05, 0) is 18.2 Å². The number of rotatable bonds is 3. The molecule has 3 heteroatoms. The van der Waals surface area contributed by atoms with Crippen molar-refractivity contribution >= 4 is 5.69 Å². The molecule has 2 rings (SSSR count). The Balaban J connectivity index is 2.23. The monoisotopic (exact) mass is 240 g/mol.